The van der Waals surface area contributed by atoms with E-state index in [1.54, 1.807) is 32.3 Å². The third-order valence-electron chi connectivity index (χ3n) is 1.76. The van der Waals surface area contributed by atoms with Gasteiger partial charge in [0.25, 0.3) is 5.91 Å². The van der Waals surface area contributed by atoms with Crippen molar-refractivity contribution in [1.29, 1.82) is 0 Å². The van der Waals surface area contributed by atoms with Gasteiger partial charge < -0.3 is 15.7 Å². The lowest BCUT2D eigenvalue weighted by Gasteiger charge is -2.10. The molecule has 0 fully saturated rings. The number of nitrogens with zero attached hydrogens (tertiary/aromatic N) is 1. The lowest BCUT2D eigenvalue weighted by molar-refractivity contribution is -0.256. The van der Waals surface area contributed by atoms with Crippen LogP contribution in [0.2, 0.25) is 0 Å². The van der Waals surface area contributed by atoms with Gasteiger partial charge >= 0.3 is 0 Å². The summed E-state index contributed by atoms with van der Waals surface area (Å²) in [6.45, 7) is 0. The molecular weight excluding hydrogens is 168 g/mol. The number of benzene rings is 1. The first kappa shape index (κ1) is 9.54. The fourth-order valence-electron chi connectivity index (χ4n) is 1.00. The normalized spacial score (nSPS) is 9.77. The highest BCUT2D eigenvalue weighted by Crippen LogP contribution is 2.23. The molecule has 1 aromatic carbocycles. The minimum Gasteiger partial charge on any atom is -0.502 e. The molecule has 13 heavy (non-hydrogen) atoms. The Morgan fingerprint density at radius 2 is 2.08 bits per heavy atom. The topological polar surface area (TPSA) is 68.2 Å². The summed E-state index contributed by atoms with van der Waals surface area (Å²) in [7, 11) is 3.27. The van der Waals surface area contributed by atoms with Gasteiger partial charge in [0.15, 0.2) is 11.4 Å². The summed E-state index contributed by atoms with van der Waals surface area (Å²) in [5.41, 5.74) is 4.36. The molecule has 4 N–H and O–H groups in total. The predicted octanol–water partition coefficient (Wildman–Crippen LogP) is -0.0326. The Labute approximate surface area is 76.6 Å². The average molecular weight is 181 g/mol. The fraction of sp³-hybridized carbons (Fsp3) is 0.222. The molecule has 0 saturated carbocycles. The molecule has 0 aliphatic carbocycles. The molecule has 4 nitrogen and oxygen atoms in total. The molecule has 70 valence electrons. The zero-order valence-electron chi connectivity index (χ0n) is 7.74. The van der Waals surface area contributed by atoms with E-state index in [1.807, 2.05) is 0 Å². The number of phenols is 1. The molecule has 0 bridgehead atoms. The van der Waals surface area contributed by atoms with Gasteiger partial charge in [-0.2, -0.15) is 0 Å². The lowest BCUT2D eigenvalue weighted by atomic mass is 10.1. The second-order valence-electron chi connectivity index (χ2n) is 3.01. The molecule has 1 rings (SSSR count). The van der Waals surface area contributed by atoms with Crippen molar-refractivity contribution >= 4 is 11.6 Å². The van der Waals surface area contributed by atoms with E-state index >= 15 is 0 Å². The summed E-state index contributed by atoms with van der Waals surface area (Å²) in [5, 5.41) is 9.51. The van der Waals surface area contributed by atoms with Crippen molar-refractivity contribution in [1.82, 2.24) is 4.90 Å². The number of carbonyl (C=O) groups is 1. The number of para-hydroxylation sites is 1. The third-order valence-corrected chi connectivity index (χ3v) is 1.76. The molecule has 0 aliphatic rings. The molecular formula is C9H13N2O2+. The Bertz CT molecular complexity index is 334. The van der Waals surface area contributed by atoms with Crippen molar-refractivity contribution in [3.8, 4) is 5.75 Å². The van der Waals surface area contributed by atoms with Crippen molar-refractivity contribution in [2.45, 2.75) is 0 Å². The molecule has 0 saturated heterocycles. The summed E-state index contributed by atoms with van der Waals surface area (Å²) in [6.07, 6.45) is 0. The van der Waals surface area contributed by atoms with Gasteiger partial charge in [0.1, 0.15) is 0 Å². The lowest BCUT2D eigenvalue weighted by Crippen LogP contribution is -2.40. The van der Waals surface area contributed by atoms with Crippen LogP contribution in [0.3, 0.4) is 0 Å². The summed E-state index contributed by atoms with van der Waals surface area (Å²) in [4.78, 5) is 12.9. The molecule has 0 aliphatic heterocycles. The molecule has 0 unspecified atom stereocenters. The van der Waals surface area contributed by atoms with Crippen LogP contribution in [0.4, 0.5) is 5.69 Å². The van der Waals surface area contributed by atoms with Gasteiger partial charge in [-0.25, -0.2) is 0 Å². The van der Waals surface area contributed by atoms with Gasteiger partial charge in [0, 0.05) is 20.2 Å². The minimum absolute atomic E-state index is 0.0406. The number of carbonyl (C=O) groups excluding carboxylic acids is 1. The van der Waals surface area contributed by atoms with Crippen LogP contribution < -0.4 is 5.73 Å². The second-order valence-corrected chi connectivity index (χ2v) is 3.01. The molecule has 0 heterocycles. The predicted molar refractivity (Wildman–Crippen MR) is 48.7 cm³/mol. The van der Waals surface area contributed by atoms with Crippen LogP contribution in [0.1, 0.15) is 10.4 Å². The van der Waals surface area contributed by atoms with Crippen LogP contribution in [0.5, 0.6) is 5.75 Å². The largest absolute Gasteiger partial charge is 0.502 e. The van der Waals surface area contributed by atoms with E-state index in [-0.39, 0.29) is 17.2 Å². The summed E-state index contributed by atoms with van der Waals surface area (Å²) >= 11 is 0. The fourth-order valence-corrected chi connectivity index (χ4v) is 1.00. The van der Waals surface area contributed by atoms with Crippen molar-refractivity contribution < 1.29 is 15.6 Å². The standard InChI is InChI=1S/C9H12N2O2/c1-11(2)9(13)6-4-3-5-7(10)8(6)12/h3-5,12H,10H2,1-2H3/p+1. The van der Waals surface area contributed by atoms with Gasteiger partial charge in [0.2, 0.25) is 0 Å². The highest BCUT2D eigenvalue weighted by atomic mass is 16.3. The first-order valence-electron chi connectivity index (χ1n) is 3.89. The van der Waals surface area contributed by atoms with E-state index in [1.165, 1.54) is 4.90 Å². The van der Waals surface area contributed by atoms with E-state index in [0.29, 0.717) is 5.69 Å². The van der Waals surface area contributed by atoms with Crippen LogP contribution in [0, 0.1) is 0 Å². The van der Waals surface area contributed by atoms with Gasteiger partial charge in [-0.1, -0.05) is 6.07 Å². The summed E-state index contributed by atoms with van der Waals surface area (Å²) in [5.74, 6) is -0.260. The van der Waals surface area contributed by atoms with E-state index in [9.17, 15) is 9.90 Å². The van der Waals surface area contributed by atoms with Gasteiger partial charge in [-0.3, -0.25) is 4.79 Å². The summed E-state index contributed by atoms with van der Waals surface area (Å²) < 4.78 is 0. The first-order valence-corrected chi connectivity index (χ1v) is 3.89. The van der Waals surface area contributed by atoms with E-state index < -0.39 is 0 Å². The molecule has 0 atom stereocenters. The van der Waals surface area contributed by atoms with Crippen molar-refractivity contribution in [2.24, 2.45) is 0 Å². The number of aromatic hydroxyl groups is 1. The Kier molecular flexibility index (Phi) is 2.53. The molecule has 1 amide bonds. The number of quaternary nitrogens is 1. The Morgan fingerprint density at radius 3 is 2.62 bits per heavy atom. The van der Waals surface area contributed by atoms with Gasteiger partial charge in [0.05, 0.1) is 5.56 Å². The van der Waals surface area contributed by atoms with Crippen LogP contribution in [0.25, 0.3) is 0 Å². The smallest absolute Gasteiger partial charge is 0.257 e. The summed E-state index contributed by atoms with van der Waals surface area (Å²) in [6, 6.07) is 4.92. The van der Waals surface area contributed by atoms with Crippen LogP contribution >= 0.6 is 0 Å². The highest BCUT2D eigenvalue weighted by Gasteiger charge is 2.15. The van der Waals surface area contributed by atoms with Crippen LogP contribution in [0.15, 0.2) is 18.2 Å². The zero-order chi connectivity index (χ0) is 10.0. The van der Waals surface area contributed by atoms with Crippen molar-refractivity contribution in [2.75, 3.05) is 14.1 Å². The van der Waals surface area contributed by atoms with Crippen LogP contribution in [-0.2, 0) is 0 Å². The third kappa shape index (κ3) is 1.78. The number of hydrogen-bond donors (Lipinski definition) is 2. The van der Waals surface area contributed by atoms with E-state index in [0.717, 1.165) is 0 Å². The number of rotatable bonds is 1. The quantitative estimate of drug-likeness (QED) is 0.638. The van der Waals surface area contributed by atoms with Gasteiger partial charge in [-0.05, 0) is 6.07 Å². The minimum atomic E-state index is -0.219. The van der Waals surface area contributed by atoms with E-state index in [2.05, 4.69) is 5.73 Å². The Morgan fingerprint density at radius 1 is 1.46 bits per heavy atom. The second kappa shape index (κ2) is 3.45. The maximum absolute atomic E-state index is 11.5. The molecule has 0 radical (unpaired) electrons. The van der Waals surface area contributed by atoms with Crippen molar-refractivity contribution in [3.05, 3.63) is 23.8 Å². The SMILES string of the molecule is CN(C)C(=O)c1cccc([NH3+])c1O. The van der Waals surface area contributed by atoms with Gasteiger partial charge in [-0.15, -0.1) is 0 Å². The molecule has 0 aromatic heterocycles. The number of hydrogen-bond acceptors (Lipinski definition) is 2. The highest BCUT2D eigenvalue weighted by molar-refractivity contribution is 5.97. The Hall–Kier alpha value is -1.55. The molecule has 0 spiro atoms. The first-order chi connectivity index (χ1) is 6.04. The number of phenolic OH excluding ortho intramolecular Hbond substituents is 1. The average Bonchev–Trinajstić information content (AvgIpc) is 2.08. The molecule has 1 aromatic rings. The maximum atomic E-state index is 11.5. The van der Waals surface area contributed by atoms with Crippen molar-refractivity contribution in [3.63, 3.8) is 0 Å². The zero-order valence-corrected chi connectivity index (χ0v) is 7.74. The maximum Gasteiger partial charge on any atom is 0.257 e. The monoisotopic (exact) mass is 181 g/mol. The van der Waals surface area contributed by atoms with E-state index in [4.69, 9.17) is 0 Å². The Balaban J connectivity index is 3.15. The number of amides is 1. The molecule has 4 heteroatoms. The van der Waals surface area contributed by atoms with Crippen LogP contribution in [-0.4, -0.2) is 30.0 Å².